The van der Waals surface area contributed by atoms with Crippen LogP contribution < -0.4 is 5.32 Å². The van der Waals surface area contributed by atoms with Crippen LogP contribution in [0.15, 0.2) is 34.5 Å². The minimum absolute atomic E-state index is 0.00521. The lowest BCUT2D eigenvalue weighted by Gasteiger charge is -2.15. The number of halogens is 3. The largest absolute Gasteiger partial charge is 0.325 e. The summed E-state index contributed by atoms with van der Waals surface area (Å²) in [5.74, 6) is -2.85. The van der Waals surface area contributed by atoms with Crippen LogP contribution in [-0.2, 0) is 14.8 Å². The lowest BCUT2D eigenvalue weighted by Crippen LogP contribution is -2.34. The molecule has 0 saturated heterocycles. The van der Waals surface area contributed by atoms with E-state index in [9.17, 15) is 22.0 Å². The zero-order chi connectivity index (χ0) is 17.2. The van der Waals surface area contributed by atoms with Crippen molar-refractivity contribution in [2.75, 3.05) is 18.9 Å². The van der Waals surface area contributed by atoms with Gasteiger partial charge in [0.05, 0.1) is 10.9 Å². The molecule has 0 spiro atoms. The molecule has 23 heavy (non-hydrogen) atoms. The first-order valence-corrected chi connectivity index (χ1v) is 8.80. The number of nitrogens with one attached hydrogen (secondary N) is 1. The number of carbonyl (C=O) groups excluding carboxylic acids is 1. The summed E-state index contributed by atoms with van der Waals surface area (Å²) >= 11 is 6.57. The average Bonchev–Trinajstić information content (AvgIpc) is 2.90. The third-order valence-corrected chi connectivity index (χ3v) is 6.28. The van der Waals surface area contributed by atoms with E-state index in [1.165, 1.54) is 25.2 Å². The van der Waals surface area contributed by atoms with Gasteiger partial charge in [-0.1, -0.05) is 11.6 Å². The Bertz CT molecular complexity index is 839. The van der Waals surface area contributed by atoms with Gasteiger partial charge in [-0.15, -0.1) is 11.3 Å². The van der Waals surface area contributed by atoms with Gasteiger partial charge in [0, 0.05) is 18.8 Å². The number of carbonyl (C=O) groups is 1. The highest BCUT2D eigenvalue weighted by Gasteiger charge is 2.24. The van der Waals surface area contributed by atoms with E-state index < -0.39 is 34.1 Å². The van der Waals surface area contributed by atoms with E-state index >= 15 is 0 Å². The van der Waals surface area contributed by atoms with E-state index in [1.807, 2.05) is 0 Å². The zero-order valence-electron chi connectivity index (χ0n) is 11.7. The van der Waals surface area contributed by atoms with E-state index in [1.54, 1.807) is 0 Å². The van der Waals surface area contributed by atoms with Crippen molar-refractivity contribution in [3.05, 3.63) is 46.3 Å². The van der Waals surface area contributed by atoms with Crippen molar-refractivity contribution >= 4 is 44.6 Å². The van der Waals surface area contributed by atoms with Gasteiger partial charge in [-0.3, -0.25) is 4.79 Å². The number of likely N-dealkylation sites (N-methyl/N-ethyl adjacent to an activating group) is 1. The SMILES string of the molecule is CN(CC(=O)Nc1ccc(F)c(F)c1)S(=O)(=O)c1ccc(Cl)s1. The summed E-state index contributed by atoms with van der Waals surface area (Å²) in [4.78, 5) is 11.8. The van der Waals surface area contributed by atoms with Crippen LogP contribution >= 0.6 is 22.9 Å². The van der Waals surface area contributed by atoms with Crippen molar-refractivity contribution in [2.45, 2.75) is 4.21 Å². The molecule has 1 aromatic carbocycles. The van der Waals surface area contributed by atoms with Crippen molar-refractivity contribution in [3.63, 3.8) is 0 Å². The van der Waals surface area contributed by atoms with Crippen LogP contribution in [0.4, 0.5) is 14.5 Å². The van der Waals surface area contributed by atoms with Gasteiger partial charge in [0.25, 0.3) is 10.0 Å². The number of sulfonamides is 1. The summed E-state index contributed by atoms with van der Waals surface area (Å²) in [6.07, 6.45) is 0. The zero-order valence-corrected chi connectivity index (χ0v) is 14.1. The van der Waals surface area contributed by atoms with Crippen LogP contribution in [0.3, 0.4) is 0 Å². The topological polar surface area (TPSA) is 66.5 Å². The molecule has 1 N–H and O–H groups in total. The molecule has 2 aromatic rings. The van der Waals surface area contributed by atoms with Crippen molar-refractivity contribution in [1.82, 2.24) is 4.31 Å². The molecule has 0 aliphatic rings. The van der Waals surface area contributed by atoms with Crippen LogP contribution in [0.2, 0.25) is 4.34 Å². The number of benzene rings is 1. The molecule has 0 unspecified atom stereocenters. The molecule has 10 heteroatoms. The molecule has 5 nitrogen and oxygen atoms in total. The molecule has 0 fully saturated rings. The van der Waals surface area contributed by atoms with Gasteiger partial charge < -0.3 is 5.32 Å². The Morgan fingerprint density at radius 1 is 1.26 bits per heavy atom. The highest BCUT2D eigenvalue weighted by Crippen LogP contribution is 2.27. The van der Waals surface area contributed by atoms with Crippen molar-refractivity contribution in [1.29, 1.82) is 0 Å². The quantitative estimate of drug-likeness (QED) is 0.867. The lowest BCUT2D eigenvalue weighted by atomic mass is 10.3. The number of hydrogen-bond donors (Lipinski definition) is 1. The third kappa shape index (κ3) is 4.25. The molecule has 0 aliphatic carbocycles. The fourth-order valence-electron chi connectivity index (χ4n) is 1.65. The molecule has 2 rings (SSSR count). The summed E-state index contributed by atoms with van der Waals surface area (Å²) in [6.45, 7) is -0.489. The average molecular weight is 381 g/mol. The maximum absolute atomic E-state index is 13.1. The predicted octanol–water partition coefficient (Wildman–Crippen LogP) is 2.94. The standard InChI is InChI=1S/C13H11ClF2N2O3S2/c1-18(23(20,21)13-5-4-11(14)22-13)7-12(19)17-8-2-3-9(15)10(16)6-8/h2-6H,7H2,1H3,(H,17,19). The molecule has 1 heterocycles. The van der Waals surface area contributed by atoms with E-state index in [-0.39, 0.29) is 9.90 Å². The number of thiophene rings is 1. The van der Waals surface area contributed by atoms with Gasteiger partial charge in [-0.05, 0) is 24.3 Å². The monoisotopic (exact) mass is 380 g/mol. The number of hydrogen-bond acceptors (Lipinski definition) is 4. The summed E-state index contributed by atoms with van der Waals surface area (Å²) in [5.41, 5.74) is 0.0267. The molecule has 0 atom stereocenters. The van der Waals surface area contributed by atoms with Gasteiger partial charge >= 0.3 is 0 Å². The fraction of sp³-hybridized carbons (Fsp3) is 0.154. The second-order valence-electron chi connectivity index (χ2n) is 4.50. The van der Waals surface area contributed by atoms with Gasteiger partial charge in [0.15, 0.2) is 11.6 Å². The molecule has 0 saturated carbocycles. The molecular formula is C13H11ClF2N2O3S2. The van der Waals surface area contributed by atoms with E-state index in [0.29, 0.717) is 4.34 Å². The Labute approximate surface area is 140 Å². The maximum atomic E-state index is 13.1. The Morgan fingerprint density at radius 2 is 1.96 bits per heavy atom. The van der Waals surface area contributed by atoms with Crippen LogP contribution in [0.25, 0.3) is 0 Å². The molecule has 0 aliphatic heterocycles. The molecule has 0 radical (unpaired) electrons. The van der Waals surface area contributed by atoms with Crippen molar-refractivity contribution in [2.24, 2.45) is 0 Å². The van der Waals surface area contributed by atoms with Gasteiger partial charge in [-0.25, -0.2) is 17.2 Å². The minimum Gasteiger partial charge on any atom is -0.325 e. The number of amides is 1. The number of anilines is 1. The van der Waals surface area contributed by atoms with Crippen LogP contribution in [0.5, 0.6) is 0 Å². The molecule has 1 aromatic heterocycles. The second-order valence-corrected chi connectivity index (χ2v) is 8.48. The first kappa shape index (κ1) is 17.8. The Balaban J connectivity index is 2.06. The number of rotatable bonds is 5. The summed E-state index contributed by atoms with van der Waals surface area (Å²) in [6, 6.07) is 5.62. The van der Waals surface area contributed by atoms with Gasteiger partial charge in [-0.2, -0.15) is 4.31 Å². The van der Waals surface area contributed by atoms with E-state index in [4.69, 9.17) is 11.6 Å². The molecule has 124 valence electrons. The maximum Gasteiger partial charge on any atom is 0.252 e. The Kier molecular flexibility index (Phi) is 5.35. The van der Waals surface area contributed by atoms with Gasteiger partial charge in [0.2, 0.25) is 5.91 Å². The minimum atomic E-state index is -3.85. The Morgan fingerprint density at radius 3 is 2.52 bits per heavy atom. The Hall–Kier alpha value is -1.55. The smallest absolute Gasteiger partial charge is 0.252 e. The molecule has 1 amide bonds. The normalized spacial score (nSPS) is 11.7. The third-order valence-electron chi connectivity index (χ3n) is 2.78. The van der Waals surface area contributed by atoms with Crippen molar-refractivity contribution in [3.8, 4) is 0 Å². The predicted molar refractivity (Wildman–Crippen MR) is 84.1 cm³/mol. The number of nitrogens with zero attached hydrogens (tertiary/aromatic N) is 1. The first-order valence-electron chi connectivity index (χ1n) is 6.17. The van der Waals surface area contributed by atoms with Crippen LogP contribution in [-0.4, -0.2) is 32.2 Å². The summed E-state index contributed by atoms with van der Waals surface area (Å²) in [5, 5.41) is 2.30. The van der Waals surface area contributed by atoms with E-state index in [0.717, 1.165) is 27.8 Å². The second kappa shape index (κ2) is 6.91. The van der Waals surface area contributed by atoms with Crippen LogP contribution in [0.1, 0.15) is 0 Å². The summed E-state index contributed by atoms with van der Waals surface area (Å²) < 4.78 is 51.5. The first-order chi connectivity index (χ1) is 10.7. The highest BCUT2D eigenvalue weighted by molar-refractivity contribution is 7.91. The van der Waals surface area contributed by atoms with Crippen molar-refractivity contribution < 1.29 is 22.0 Å². The molecular weight excluding hydrogens is 370 g/mol. The highest BCUT2D eigenvalue weighted by atomic mass is 35.5. The van der Waals surface area contributed by atoms with E-state index in [2.05, 4.69) is 5.32 Å². The van der Waals surface area contributed by atoms with Crippen LogP contribution in [0, 0.1) is 11.6 Å². The van der Waals surface area contributed by atoms with Gasteiger partial charge in [0.1, 0.15) is 4.21 Å². The molecule has 0 bridgehead atoms. The summed E-state index contributed by atoms with van der Waals surface area (Å²) in [7, 11) is -2.62. The lowest BCUT2D eigenvalue weighted by molar-refractivity contribution is -0.116. The fourth-order valence-corrected chi connectivity index (χ4v) is 4.47.